The van der Waals surface area contributed by atoms with Crippen LogP contribution in [0.2, 0.25) is 5.02 Å². The van der Waals surface area contributed by atoms with Crippen molar-refractivity contribution in [3.63, 3.8) is 0 Å². The Balaban J connectivity index is 1.90. The van der Waals surface area contributed by atoms with E-state index in [-0.39, 0.29) is 46.2 Å². The number of carbonyl (C=O) groups excluding carboxylic acids is 1. The van der Waals surface area contributed by atoms with E-state index in [1.807, 2.05) is 0 Å². The van der Waals surface area contributed by atoms with E-state index in [1.54, 1.807) is 0 Å². The van der Waals surface area contributed by atoms with Crippen LogP contribution in [0.3, 0.4) is 0 Å². The van der Waals surface area contributed by atoms with Gasteiger partial charge in [0.25, 0.3) is 5.91 Å². The quantitative estimate of drug-likeness (QED) is 0.714. The molecule has 1 fully saturated rings. The number of carbonyl (C=O) groups is 1. The monoisotopic (exact) mass is 458 g/mol. The molecule has 10 heteroatoms. The van der Waals surface area contributed by atoms with Crippen LogP contribution in [0.5, 0.6) is 0 Å². The van der Waals surface area contributed by atoms with Gasteiger partial charge in [-0.1, -0.05) is 17.7 Å². The lowest BCUT2D eigenvalue weighted by molar-refractivity contribution is 0.102. The Morgan fingerprint density at radius 3 is 2.67 bits per heavy atom. The Labute approximate surface area is 178 Å². The third-order valence-corrected chi connectivity index (χ3v) is 7.20. The summed E-state index contributed by atoms with van der Waals surface area (Å²) in [7, 11) is -4.06. The lowest BCUT2D eigenvalue weighted by Crippen LogP contribution is -2.33. The molecule has 0 bridgehead atoms. The maximum atomic E-state index is 13.5. The van der Waals surface area contributed by atoms with Crippen LogP contribution < -0.4 is 5.32 Å². The predicted octanol–water partition coefficient (Wildman–Crippen LogP) is 3.74. The number of hydrogen-bond acceptors (Lipinski definition) is 4. The fourth-order valence-electron chi connectivity index (χ4n) is 3.26. The van der Waals surface area contributed by atoms with Crippen LogP contribution in [0.1, 0.15) is 35.2 Å². The second kappa shape index (κ2) is 9.38. The predicted molar refractivity (Wildman–Crippen MR) is 109 cm³/mol. The van der Waals surface area contributed by atoms with E-state index < -0.39 is 34.5 Å². The minimum atomic E-state index is -4.06. The number of aliphatic hydroxyl groups is 1. The molecule has 2 N–H and O–H groups in total. The number of nitrogens with zero attached hydrogens (tertiary/aromatic N) is 1. The Morgan fingerprint density at radius 2 is 1.97 bits per heavy atom. The molecule has 6 nitrogen and oxygen atoms in total. The second-order valence-corrected chi connectivity index (χ2v) is 9.34. The molecule has 1 aliphatic heterocycles. The molecule has 1 saturated heterocycles. The van der Waals surface area contributed by atoms with Crippen molar-refractivity contribution in [2.75, 3.05) is 18.4 Å². The van der Waals surface area contributed by atoms with Crippen LogP contribution in [0.15, 0.2) is 41.3 Å². The molecule has 0 unspecified atom stereocenters. The highest BCUT2D eigenvalue weighted by molar-refractivity contribution is 7.89. The third-order valence-electron chi connectivity index (χ3n) is 4.93. The van der Waals surface area contributed by atoms with Crippen LogP contribution in [0.4, 0.5) is 14.5 Å². The van der Waals surface area contributed by atoms with Crippen molar-refractivity contribution in [3.8, 4) is 0 Å². The van der Waals surface area contributed by atoms with E-state index in [9.17, 15) is 27.1 Å². The molecule has 0 radical (unpaired) electrons. The summed E-state index contributed by atoms with van der Waals surface area (Å²) in [5.41, 5.74) is 0.175. The van der Waals surface area contributed by atoms with Crippen molar-refractivity contribution in [1.29, 1.82) is 0 Å². The summed E-state index contributed by atoms with van der Waals surface area (Å²) in [6, 6.07) is 7.34. The van der Waals surface area contributed by atoms with Crippen LogP contribution in [0.25, 0.3) is 0 Å². The maximum absolute atomic E-state index is 13.5. The molecule has 1 aliphatic rings. The normalized spacial score (nSPS) is 18.1. The molecule has 0 aromatic heterocycles. The molecule has 1 heterocycles. The van der Waals surface area contributed by atoms with Gasteiger partial charge in [-0.25, -0.2) is 17.2 Å². The van der Waals surface area contributed by atoms with Crippen LogP contribution in [-0.2, 0) is 16.7 Å². The van der Waals surface area contributed by atoms with Gasteiger partial charge >= 0.3 is 0 Å². The molecule has 0 spiro atoms. The summed E-state index contributed by atoms with van der Waals surface area (Å²) in [5, 5.41) is 12.1. The van der Waals surface area contributed by atoms with Crippen molar-refractivity contribution in [3.05, 3.63) is 58.4 Å². The number of sulfonamides is 1. The fourth-order valence-corrected chi connectivity index (χ4v) is 5.16. The number of nitrogens with one attached hydrogen (secondary N) is 1. The molecule has 0 aliphatic carbocycles. The van der Waals surface area contributed by atoms with Crippen molar-refractivity contribution < 1.29 is 27.1 Å². The van der Waals surface area contributed by atoms with Gasteiger partial charge in [-0.15, -0.1) is 0 Å². The summed E-state index contributed by atoms with van der Waals surface area (Å²) >= 11 is 5.71. The first-order valence-electron chi connectivity index (χ1n) is 9.36. The van der Waals surface area contributed by atoms with Crippen molar-refractivity contribution in [1.82, 2.24) is 4.31 Å². The Morgan fingerprint density at radius 1 is 1.20 bits per heavy atom. The SMILES string of the molecule is O=C(Nc1ccc(F)c(Cl)c1)c1ccc(CF)c(S(=O)(=O)N2CCC[C@H](O)CC2)c1. The number of amides is 1. The van der Waals surface area contributed by atoms with Crippen molar-refractivity contribution in [2.45, 2.75) is 36.9 Å². The zero-order chi connectivity index (χ0) is 21.9. The maximum Gasteiger partial charge on any atom is 0.255 e. The van der Waals surface area contributed by atoms with Gasteiger partial charge in [0, 0.05) is 29.9 Å². The first-order valence-corrected chi connectivity index (χ1v) is 11.2. The summed E-state index contributed by atoms with van der Waals surface area (Å²) in [6.45, 7) is -0.699. The highest BCUT2D eigenvalue weighted by atomic mass is 35.5. The number of aliphatic hydroxyl groups excluding tert-OH is 1. The third kappa shape index (κ3) is 4.97. The highest BCUT2D eigenvalue weighted by Gasteiger charge is 2.30. The van der Waals surface area contributed by atoms with Crippen LogP contribution in [-0.4, -0.2) is 42.9 Å². The number of anilines is 1. The summed E-state index contributed by atoms with van der Waals surface area (Å²) in [4.78, 5) is 12.3. The molecular formula is C20H21ClF2N2O4S. The van der Waals surface area contributed by atoms with Crippen LogP contribution >= 0.6 is 11.6 Å². The van der Waals surface area contributed by atoms with Gasteiger partial charge in [0.1, 0.15) is 12.5 Å². The summed E-state index contributed by atoms with van der Waals surface area (Å²) in [6.07, 6.45) is 0.683. The Kier molecular flexibility index (Phi) is 7.07. The number of benzene rings is 2. The molecule has 30 heavy (non-hydrogen) atoms. The smallest absolute Gasteiger partial charge is 0.255 e. The molecule has 162 valence electrons. The van der Waals surface area contributed by atoms with Crippen LogP contribution in [0, 0.1) is 5.82 Å². The van der Waals surface area contributed by atoms with Gasteiger partial charge in [0.15, 0.2) is 0 Å². The standard InChI is InChI=1S/C20H21ClF2N2O4S/c21-17-11-15(5-6-18(17)23)24-20(27)13-3-4-14(12-22)19(10-13)30(28,29)25-8-1-2-16(26)7-9-25/h3-6,10-11,16,26H,1-2,7-9,12H2,(H,24,27)/t16-/m0/s1. The van der Waals surface area contributed by atoms with Crippen molar-refractivity contribution >= 4 is 33.2 Å². The Bertz CT molecular complexity index is 1050. The average Bonchev–Trinajstić information content (AvgIpc) is 2.95. The molecule has 2 aromatic rings. The van der Waals surface area contributed by atoms with Gasteiger partial charge in [-0.05, 0) is 49.6 Å². The average molecular weight is 459 g/mol. The van der Waals surface area contributed by atoms with E-state index in [0.29, 0.717) is 12.8 Å². The largest absolute Gasteiger partial charge is 0.393 e. The topological polar surface area (TPSA) is 86.7 Å². The van der Waals surface area contributed by atoms with Gasteiger partial charge in [-0.3, -0.25) is 4.79 Å². The molecule has 2 aromatic carbocycles. The fraction of sp³-hybridized carbons (Fsp3) is 0.350. The number of alkyl halides is 1. The summed E-state index contributed by atoms with van der Waals surface area (Å²) < 4.78 is 54.3. The van der Waals surface area contributed by atoms with E-state index >= 15 is 0 Å². The van der Waals surface area contributed by atoms with E-state index in [4.69, 9.17) is 11.6 Å². The molecule has 1 atom stereocenters. The van der Waals surface area contributed by atoms with Crippen molar-refractivity contribution in [2.24, 2.45) is 0 Å². The molecule has 3 rings (SSSR count). The Hall–Kier alpha value is -2.07. The zero-order valence-electron chi connectivity index (χ0n) is 15.9. The summed E-state index contributed by atoms with van der Waals surface area (Å²) in [5.74, 6) is -1.29. The molecule has 0 saturated carbocycles. The van der Waals surface area contributed by atoms with E-state index in [2.05, 4.69) is 5.32 Å². The number of rotatable bonds is 5. The zero-order valence-corrected chi connectivity index (χ0v) is 17.5. The van der Waals surface area contributed by atoms with Gasteiger partial charge < -0.3 is 10.4 Å². The minimum absolute atomic E-state index is 0.000999. The number of halogens is 3. The molecule has 1 amide bonds. The lowest BCUT2D eigenvalue weighted by Gasteiger charge is -2.21. The second-order valence-electron chi connectivity index (χ2n) is 7.03. The van der Waals surface area contributed by atoms with E-state index in [0.717, 1.165) is 12.1 Å². The first kappa shape index (κ1) is 22.6. The van der Waals surface area contributed by atoms with Gasteiger partial charge in [0.2, 0.25) is 10.0 Å². The highest BCUT2D eigenvalue weighted by Crippen LogP contribution is 2.26. The first-order chi connectivity index (χ1) is 14.2. The van der Waals surface area contributed by atoms with Gasteiger partial charge in [-0.2, -0.15) is 4.31 Å². The van der Waals surface area contributed by atoms with Gasteiger partial charge in [0.05, 0.1) is 16.0 Å². The number of hydrogen-bond donors (Lipinski definition) is 2. The minimum Gasteiger partial charge on any atom is -0.393 e. The lowest BCUT2D eigenvalue weighted by atomic mass is 10.1. The molecular weight excluding hydrogens is 438 g/mol. The van der Waals surface area contributed by atoms with E-state index in [1.165, 1.54) is 28.6 Å².